The lowest BCUT2D eigenvalue weighted by Crippen LogP contribution is -2.08. The van der Waals surface area contributed by atoms with E-state index in [1.165, 1.54) is 18.2 Å². The molecule has 2 heterocycles. The maximum atomic E-state index is 12.7. The minimum atomic E-state index is -4.52. The van der Waals surface area contributed by atoms with Gasteiger partial charge in [-0.05, 0) is 30.3 Å². The van der Waals surface area contributed by atoms with Crippen molar-refractivity contribution >= 4 is 21.2 Å². The van der Waals surface area contributed by atoms with Crippen molar-refractivity contribution in [3.05, 3.63) is 54.7 Å². The summed E-state index contributed by atoms with van der Waals surface area (Å²) in [6.07, 6.45) is -0.164. The number of halogens is 3. The third kappa shape index (κ3) is 4.16. The largest absolute Gasteiger partial charge is 0.433 e. The molecule has 0 spiro atoms. The van der Waals surface area contributed by atoms with E-state index < -0.39 is 21.7 Å². The summed E-state index contributed by atoms with van der Waals surface area (Å²) in [5.74, 6) is -0.0513. The number of benzene rings is 1. The van der Waals surface area contributed by atoms with Crippen molar-refractivity contribution in [3.63, 3.8) is 0 Å². The number of alkyl halides is 3. The highest BCUT2D eigenvalue weighted by Crippen LogP contribution is 2.33. The number of anilines is 2. The molecule has 0 aliphatic rings. The van der Waals surface area contributed by atoms with Gasteiger partial charge in [0.2, 0.25) is 0 Å². The van der Waals surface area contributed by atoms with E-state index in [1.807, 2.05) is 0 Å². The van der Waals surface area contributed by atoms with E-state index in [1.54, 1.807) is 37.1 Å². The van der Waals surface area contributed by atoms with Crippen LogP contribution >= 0.6 is 0 Å². The number of aromatic nitrogens is 3. The maximum Gasteiger partial charge on any atom is 0.433 e. The Labute approximate surface area is 160 Å². The van der Waals surface area contributed by atoms with Gasteiger partial charge in [0, 0.05) is 24.5 Å². The maximum absolute atomic E-state index is 12.7. The molecule has 148 valence electrons. The van der Waals surface area contributed by atoms with Crippen LogP contribution in [-0.2, 0) is 23.1 Å². The van der Waals surface area contributed by atoms with E-state index in [9.17, 15) is 21.6 Å². The third-order valence-electron chi connectivity index (χ3n) is 4.04. The van der Waals surface area contributed by atoms with Crippen molar-refractivity contribution < 1.29 is 21.6 Å². The van der Waals surface area contributed by atoms with Crippen molar-refractivity contribution in [1.29, 1.82) is 0 Å². The summed E-state index contributed by atoms with van der Waals surface area (Å²) in [6.45, 7) is 1.55. The minimum Gasteiger partial charge on any atom is -0.354 e. The molecule has 0 saturated heterocycles. The third-order valence-corrected chi connectivity index (χ3v) is 5.78. The number of hydrogen-bond acceptors (Lipinski definition) is 5. The van der Waals surface area contributed by atoms with Crippen LogP contribution in [-0.4, -0.2) is 28.7 Å². The molecule has 3 rings (SSSR count). The number of hydrogen-bond donors (Lipinski definition) is 1. The zero-order valence-electron chi connectivity index (χ0n) is 15.0. The average molecular weight is 410 g/mol. The average Bonchev–Trinajstić information content (AvgIpc) is 3.08. The molecule has 0 fully saturated rings. The predicted molar refractivity (Wildman–Crippen MR) is 98.9 cm³/mol. The number of aryl methyl sites for hydroxylation is 1. The fourth-order valence-electron chi connectivity index (χ4n) is 2.55. The number of pyridine rings is 1. The quantitative estimate of drug-likeness (QED) is 0.687. The summed E-state index contributed by atoms with van der Waals surface area (Å²) in [5.41, 5.74) is 0.868. The molecule has 0 saturated carbocycles. The lowest BCUT2D eigenvalue weighted by atomic mass is 10.1. The lowest BCUT2D eigenvalue weighted by Gasteiger charge is -2.13. The first-order valence-corrected chi connectivity index (χ1v) is 9.91. The summed E-state index contributed by atoms with van der Waals surface area (Å²) in [5, 5.41) is 2.98. The standard InChI is InChI=1S/C18H17F3N4O2S/c1-3-28(26,27)13-5-6-15(14(8-13)16-10-25(2)11-23-16)24-12-4-7-17(22-9-12)18(19,20)21/h4-11,24H,3H2,1-2H3. The van der Waals surface area contributed by atoms with Gasteiger partial charge in [0.25, 0.3) is 0 Å². The fraction of sp³-hybridized carbons (Fsp3) is 0.222. The fourth-order valence-corrected chi connectivity index (χ4v) is 3.45. The molecule has 3 aromatic rings. The summed E-state index contributed by atoms with van der Waals surface area (Å²) < 4.78 is 64.2. The molecule has 0 amide bonds. The number of rotatable bonds is 5. The molecule has 0 unspecified atom stereocenters. The molecule has 0 atom stereocenters. The number of sulfone groups is 1. The Morgan fingerprint density at radius 3 is 2.43 bits per heavy atom. The van der Waals surface area contributed by atoms with Gasteiger partial charge in [-0.2, -0.15) is 13.2 Å². The topological polar surface area (TPSA) is 76.9 Å². The number of nitrogens with one attached hydrogen (secondary N) is 1. The van der Waals surface area contributed by atoms with Crippen LogP contribution in [0.4, 0.5) is 24.5 Å². The van der Waals surface area contributed by atoms with Crippen LogP contribution in [0.15, 0.2) is 53.9 Å². The highest BCUT2D eigenvalue weighted by molar-refractivity contribution is 7.91. The first-order valence-electron chi connectivity index (χ1n) is 8.25. The van der Waals surface area contributed by atoms with E-state index in [0.29, 0.717) is 22.6 Å². The molecular formula is C18H17F3N4O2S. The number of imidazole rings is 1. The Balaban J connectivity index is 2.03. The van der Waals surface area contributed by atoms with E-state index in [-0.39, 0.29) is 10.6 Å². The van der Waals surface area contributed by atoms with Gasteiger partial charge in [-0.3, -0.25) is 0 Å². The highest BCUT2D eigenvalue weighted by Gasteiger charge is 2.32. The number of nitrogens with zero attached hydrogens (tertiary/aromatic N) is 3. The summed E-state index contributed by atoms with van der Waals surface area (Å²) in [4.78, 5) is 7.81. The zero-order chi connectivity index (χ0) is 20.5. The van der Waals surface area contributed by atoms with Crippen molar-refractivity contribution in [2.75, 3.05) is 11.1 Å². The van der Waals surface area contributed by atoms with Crippen LogP contribution < -0.4 is 5.32 Å². The molecule has 0 aliphatic carbocycles. The first-order chi connectivity index (χ1) is 13.1. The summed E-state index contributed by atoms with van der Waals surface area (Å²) >= 11 is 0. The van der Waals surface area contributed by atoms with E-state index >= 15 is 0 Å². The molecule has 1 aromatic carbocycles. The van der Waals surface area contributed by atoms with Crippen LogP contribution in [0.25, 0.3) is 11.3 Å². The van der Waals surface area contributed by atoms with Gasteiger partial charge in [-0.15, -0.1) is 0 Å². The molecular weight excluding hydrogens is 393 g/mol. The Kier molecular flexibility index (Phi) is 5.16. The van der Waals surface area contributed by atoms with Crippen LogP contribution in [0.5, 0.6) is 0 Å². The van der Waals surface area contributed by atoms with Crippen molar-refractivity contribution in [1.82, 2.24) is 14.5 Å². The molecule has 0 radical (unpaired) electrons. The molecule has 10 heteroatoms. The Hall–Kier alpha value is -2.88. The molecule has 0 bridgehead atoms. The van der Waals surface area contributed by atoms with Gasteiger partial charge in [-0.1, -0.05) is 6.92 Å². The zero-order valence-corrected chi connectivity index (χ0v) is 15.8. The van der Waals surface area contributed by atoms with Gasteiger partial charge in [0.1, 0.15) is 5.69 Å². The van der Waals surface area contributed by atoms with Gasteiger partial charge >= 0.3 is 6.18 Å². The molecule has 2 aromatic heterocycles. The van der Waals surface area contributed by atoms with E-state index in [2.05, 4.69) is 15.3 Å². The van der Waals surface area contributed by atoms with Crippen LogP contribution in [0.1, 0.15) is 12.6 Å². The lowest BCUT2D eigenvalue weighted by molar-refractivity contribution is -0.141. The minimum absolute atomic E-state index is 0.0513. The van der Waals surface area contributed by atoms with Crippen LogP contribution in [0.2, 0.25) is 0 Å². The highest BCUT2D eigenvalue weighted by atomic mass is 32.2. The predicted octanol–water partition coefficient (Wildman–Crippen LogP) is 4.04. The Bertz CT molecular complexity index is 1090. The van der Waals surface area contributed by atoms with Gasteiger partial charge < -0.3 is 9.88 Å². The van der Waals surface area contributed by atoms with E-state index in [4.69, 9.17) is 0 Å². The Morgan fingerprint density at radius 2 is 1.89 bits per heavy atom. The van der Waals surface area contributed by atoms with Gasteiger partial charge in [0.15, 0.2) is 9.84 Å². The van der Waals surface area contributed by atoms with Crippen molar-refractivity contribution in [2.24, 2.45) is 7.05 Å². The molecule has 0 aliphatic heterocycles. The van der Waals surface area contributed by atoms with Crippen molar-refractivity contribution in [3.8, 4) is 11.3 Å². The van der Waals surface area contributed by atoms with Gasteiger partial charge in [-0.25, -0.2) is 18.4 Å². The first kappa shape index (κ1) is 19.9. The SMILES string of the molecule is CCS(=O)(=O)c1ccc(Nc2ccc(C(F)(F)F)nc2)c(-c2cn(C)cn2)c1. The van der Waals surface area contributed by atoms with Gasteiger partial charge in [0.05, 0.1) is 34.6 Å². The monoisotopic (exact) mass is 410 g/mol. The van der Waals surface area contributed by atoms with Crippen molar-refractivity contribution in [2.45, 2.75) is 18.0 Å². The second kappa shape index (κ2) is 7.27. The van der Waals surface area contributed by atoms with Crippen LogP contribution in [0, 0.1) is 0 Å². The summed E-state index contributed by atoms with van der Waals surface area (Å²) in [6, 6.07) is 6.64. The molecule has 6 nitrogen and oxygen atoms in total. The normalized spacial score (nSPS) is 12.2. The molecule has 1 N–H and O–H groups in total. The smallest absolute Gasteiger partial charge is 0.354 e. The summed E-state index contributed by atoms with van der Waals surface area (Å²) in [7, 11) is -1.66. The molecule has 28 heavy (non-hydrogen) atoms. The second-order valence-corrected chi connectivity index (χ2v) is 8.37. The second-order valence-electron chi connectivity index (χ2n) is 6.09. The Morgan fingerprint density at radius 1 is 1.14 bits per heavy atom. The van der Waals surface area contributed by atoms with Crippen LogP contribution in [0.3, 0.4) is 0 Å². The van der Waals surface area contributed by atoms with E-state index in [0.717, 1.165) is 12.3 Å².